The van der Waals surface area contributed by atoms with Gasteiger partial charge < -0.3 is 9.64 Å². The number of nitrogens with zero attached hydrogens (tertiary/aromatic N) is 3. The van der Waals surface area contributed by atoms with Crippen LogP contribution in [0.15, 0.2) is 67.3 Å². The summed E-state index contributed by atoms with van der Waals surface area (Å²) in [7, 11) is 0. The third-order valence-corrected chi connectivity index (χ3v) is 7.74. The maximum absolute atomic E-state index is 13.3. The van der Waals surface area contributed by atoms with Crippen molar-refractivity contribution in [1.29, 1.82) is 0 Å². The monoisotopic (exact) mass is 453 g/mol. The molecule has 6 rings (SSSR count). The number of carbonyl (C=O) groups is 2. The van der Waals surface area contributed by atoms with Crippen molar-refractivity contribution < 1.29 is 14.3 Å². The van der Waals surface area contributed by atoms with Gasteiger partial charge in [-0.05, 0) is 54.4 Å². The Morgan fingerprint density at radius 3 is 2.09 bits per heavy atom. The molecule has 2 fully saturated rings. The molecule has 3 aliphatic rings. The Kier molecular flexibility index (Phi) is 5.36. The molecule has 2 saturated heterocycles. The predicted molar refractivity (Wildman–Crippen MR) is 127 cm³/mol. The molecule has 2 atom stereocenters. The van der Waals surface area contributed by atoms with Crippen LogP contribution in [0.2, 0.25) is 0 Å². The number of ketones is 1. The Morgan fingerprint density at radius 2 is 1.47 bits per heavy atom. The SMILES string of the molecule is O=C(c1cncnc1)C1CC2CCCC(C1)N2C(=O)OCC1c2ccccc2-c2ccccc21. The van der Waals surface area contributed by atoms with Crippen molar-refractivity contribution in [1.82, 2.24) is 14.9 Å². The van der Waals surface area contributed by atoms with Crippen LogP contribution in [0, 0.1) is 5.92 Å². The fourth-order valence-electron chi connectivity index (χ4n) is 6.22. The van der Waals surface area contributed by atoms with E-state index in [2.05, 4.69) is 46.4 Å². The summed E-state index contributed by atoms with van der Waals surface area (Å²) in [5.74, 6) is 0.0389. The molecule has 3 heterocycles. The highest BCUT2D eigenvalue weighted by molar-refractivity contribution is 5.97. The summed E-state index contributed by atoms with van der Waals surface area (Å²) in [4.78, 5) is 36.3. The summed E-state index contributed by atoms with van der Waals surface area (Å²) in [5, 5.41) is 0. The molecule has 0 N–H and O–H groups in total. The number of hydrogen-bond donors (Lipinski definition) is 0. The molecule has 1 amide bonds. The zero-order chi connectivity index (χ0) is 23.1. The average molecular weight is 454 g/mol. The molecule has 2 aromatic carbocycles. The lowest BCUT2D eigenvalue weighted by Gasteiger charge is -2.47. The van der Waals surface area contributed by atoms with Crippen molar-refractivity contribution in [3.05, 3.63) is 83.9 Å². The van der Waals surface area contributed by atoms with E-state index in [1.165, 1.54) is 28.6 Å². The second-order valence-corrected chi connectivity index (χ2v) is 9.61. The Hall–Kier alpha value is -3.54. The second-order valence-electron chi connectivity index (χ2n) is 9.61. The van der Waals surface area contributed by atoms with E-state index in [9.17, 15) is 9.59 Å². The largest absolute Gasteiger partial charge is 0.448 e. The van der Waals surface area contributed by atoms with Gasteiger partial charge in [0.25, 0.3) is 0 Å². The van der Waals surface area contributed by atoms with Gasteiger partial charge in [0.2, 0.25) is 0 Å². The molecule has 172 valence electrons. The van der Waals surface area contributed by atoms with Crippen molar-refractivity contribution in [2.45, 2.75) is 50.1 Å². The summed E-state index contributed by atoms with van der Waals surface area (Å²) in [6, 6.07) is 16.8. The highest BCUT2D eigenvalue weighted by Crippen LogP contribution is 2.45. The van der Waals surface area contributed by atoms with Crippen LogP contribution < -0.4 is 0 Å². The van der Waals surface area contributed by atoms with E-state index in [-0.39, 0.29) is 35.8 Å². The van der Waals surface area contributed by atoms with Crippen LogP contribution in [0.25, 0.3) is 11.1 Å². The molecule has 34 heavy (non-hydrogen) atoms. The number of ether oxygens (including phenoxy) is 1. The third-order valence-electron chi connectivity index (χ3n) is 7.74. The minimum Gasteiger partial charge on any atom is -0.448 e. The second kappa shape index (κ2) is 8.67. The number of aromatic nitrogens is 2. The molecule has 3 aromatic rings. The number of Topliss-reactive ketones (excluding diaryl/α,β-unsaturated/α-hetero) is 1. The van der Waals surface area contributed by atoms with Crippen LogP contribution in [0.4, 0.5) is 4.79 Å². The van der Waals surface area contributed by atoms with Gasteiger partial charge in [-0.15, -0.1) is 0 Å². The third kappa shape index (κ3) is 3.58. The van der Waals surface area contributed by atoms with E-state index in [1.807, 2.05) is 17.0 Å². The van der Waals surface area contributed by atoms with Gasteiger partial charge in [-0.3, -0.25) is 4.79 Å². The lowest BCUT2D eigenvalue weighted by atomic mass is 9.76. The van der Waals surface area contributed by atoms with Crippen molar-refractivity contribution >= 4 is 11.9 Å². The van der Waals surface area contributed by atoms with Crippen molar-refractivity contribution in [3.63, 3.8) is 0 Å². The highest BCUT2D eigenvalue weighted by Gasteiger charge is 2.44. The van der Waals surface area contributed by atoms with Gasteiger partial charge in [-0.25, -0.2) is 14.8 Å². The summed E-state index contributed by atoms with van der Waals surface area (Å²) < 4.78 is 5.98. The lowest BCUT2D eigenvalue weighted by Crippen LogP contribution is -2.55. The number of rotatable bonds is 4. The molecule has 0 saturated carbocycles. The van der Waals surface area contributed by atoms with Crippen LogP contribution >= 0.6 is 0 Å². The van der Waals surface area contributed by atoms with Crippen LogP contribution in [0.5, 0.6) is 0 Å². The first-order chi connectivity index (χ1) is 16.7. The molecule has 0 radical (unpaired) electrons. The number of carbonyl (C=O) groups excluding carboxylic acids is 2. The maximum Gasteiger partial charge on any atom is 0.410 e. The van der Waals surface area contributed by atoms with E-state index < -0.39 is 0 Å². The molecule has 6 heteroatoms. The number of fused-ring (bicyclic) bond motifs is 5. The van der Waals surface area contributed by atoms with Crippen molar-refractivity contribution in [2.75, 3.05) is 6.61 Å². The summed E-state index contributed by atoms with van der Waals surface area (Å²) in [5.41, 5.74) is 5.43. The van der Waals surface area contributed by atoms with Gasteiger partial charge >= 0.3 is 6.09 Å². The van der Waals surface area contributed by atoms with Crippen LogP contribution in [-0.2, 0) is 4.74 Å². The number of amides is 1. The van der Waals surface area contributed by atoms with Gasteiger partial charge in [0.1, 0.15) is 12.9 Å². The zero-order valence-corrected chi connectivity index (χ0v) is 19.0. The van der Waals surface area contributed by atoms with E-state index in [0.29, 0.717) is 25.0 Å². The molecular formula is C28H27N3O3. The minimum atomic E-state index is -0.245. The Bertz CT molecular complexity index is 1170. The first-order valence-electron chi connectivity index (χ1n) is 12.1. The van der Waals surface area contributed by atoms with Gasteiger partial charge in [-0.2, -0.15) is 0 Å². The van der Waals surface area contributed by atoms with Gasteiger partial charge in [0.05, 0.1) is 5.56 Å². The molecule has 0 spiro atoms. The molecule has 2 aliphatic heterocycles. The van der Waals surface area contributed by atoms with Crippen LogP contribution in [0.1, 0.15) is 59.5 Å². The Morgan fingerprint density at radius 1 is 0.882 bits per heavy atom. The topological polar surface area (TPSA) is 72.4 Å². The fourth-order valence-corrected chi connectivity index (χ4v) is 6.22. The van der Waals surface area contributed by atoms with E-state index in [0.717, 1.165) is 19.3 Å². The first kappa shape index (κ1) is 21.0. The number of piperidine rings is 2. The maximum atomic E-state index is 13.3. The summed E-state index contributed by atoms with van der Waals surface area (Å²) in [6.45, 7) is 0.326. The molecular weight excluding hydrogens is 426 g/mol. The molecule has 2 bridgehead atoms. The summed E-state index contributed by atoms with van der Waals surface area (Å²) >= 11 is 0. The Balaban J connectivity index is 1.17. The molecule has 1 aliphatic carbocycles. The van der Waals surface area contributed by atoms with Crippen LogP contribution in [-0.4, -0.2) is 45.4 Å². The van der Waals surface area contributed by atoms with Gasteiger partial charge in [0, 0.05) is 36.3 Å². The minimum absolute atomic E-state index is 0.0433. The quantitative estimate of drug-likeness (QED) is 0.505. The summed E-state index contributed by atoms with van der Waals surface area (Å²) in [6.07, 6.45) is 8.62. The molecule has 1 aromatic heterocycles. The average Bonchev–Trinajstić information content (AvgIpc) is 3.20. The van der Waals surface area contributed by atoms with Gasteiger partial charge in [-0.1, -0.05) is 48.5 Å². The highest BCUT2D eigenvalue weighted by atomic mass is 16.6. The van der Waals surface area contributed by atoms with E-state index in [1.54, 1.807) is 12.4 Å². The standard InChI is InChI=1S/C28H27N3O3/c32-27(19-14-29-17-30-15-19)18-12-20-6-5-7-21(13-18)31(20)28(33)34-16-26-24-10-3-1-8-22(24)23-9-2-4-11-25(23)26/h1-4,8-11,14-15,17-18,20-21,26H,5-7,12-13,16H2. The predicted octanol–water partition coefficient (Wildman–Crippen LogP) is 5.24. The smallest absolute Gasteiger partial charge is 0.410 e. The lowest BCUT2D eigenvalue weighted by molar-refractivity contribution is 0.00649. The van der Waals surface area contributed by atoms with Crippen molar-refractivity contribution in [2.24, 2.45) is 5.92 Å². The fraction of sp³-hybridized carbons (Fsp3) is 0.357. The number of hydrogen-bond acceptors (Lipinski definition) is 5. The Labute approximate surface area is 199 Å². The van der Waals surface area contributed by atoms with Crippen molar-refractivity contribution in [3.8, 4) is 11.1 Å². The van der Waals surface area contributed by atoms with E-state index >= 15 is 0 Å². The normalized spacial score (nSPS) is 23.2. The van der Waals surface area contributed by atoms with E-state index in [4.69, 9.17) is 4.74 Å². The molecule has 2 unspecified atom stereocenters. The first-order valence-corrected chi connectivity index (χ1v) is 12.1. The molecule has 6 nitrogen and oxygen atoms in total. The number of benzene rings is 2. The van der Waals surface area contributed by atoms with Crippen LogP contribution in [0.3, 0.4) is 0 Å². The zero-order valence-electron chi connectivity index (χ0n) is 19.0. The van der Waals surface area contributed by atoms with Gasteiger partial charge in [0.15, 0.2) is 5.78 Å².